The number of hydrogen-bond acceptors (Lipinski definition) is 8. The van der Waals surface area contributed by atoms with Crippen molar-refractivity contribution in [3.63, 3.8) is 0 Å². The minimum atomic E-state index is -0.120. The molecule has 30 heavy (non-hydrogen) atoms. The second kappa shape index (κ2) is 7.86. The third kappa shape index (κ3) is 3.82. The Morgan fingerprint density at radius 2 is 2.00 bits per heavy atom. The van der Waals surface area contributed by atoms with Crippen LogP contribution in [0.3, 0.4) is 0 Å². The minimum absolute atomic E-state index is 0.0184. The van der Waals surface area contributed by atoms with Crippen molar-refractivity contribution in [1.29, 1.82) is 0 Å². The fourth-order valence-electron chi connectivity index (χ4n) is 3.29. The zero-order valence-electron chi connectivity index (χ0n) is 16.1. The molecule has 5 rings (SSSR count). The highest BCUT2D eigenvalue weighted by atomic mass is 16.7. The smallest absolute Gasteiger partial charge is 0.231 e. The normalized spacial score (nSPS) is 12.4. The van der Waals surface area contributed by atoms with Crippen molar-refractivity contribution in [2.24, 2.45) is 0 Å². The first-order chi connectivity index (χ1) is 14.7. The molecule has 0 atom stereocenters. The summed E-state index contributed by atoms with van der Waals surface area (Å²) in [5, 5.41) is 13.4. The summed E-state index contributed by atoms with van der Waals surface area (Å²) in [4.78, 5) is 22.7. The van der Waals surface area contributed by atoms with Crippen molar-refractivity contribution in [2.45, 2.75) is 25.8 Å². The van der Waals surface area contributed by atoms with Gasteiger partial charge >= 0.3 is 0 Å². The number of rotatable bonds is 7. The first kappa shape index (κ1) is 18.2. The van der Waals surface area contributed by atoms with E-state index >= 15 is 0 Å². The summed E-state index contributed by atoms with van der Waals surface area (Å²) in [6, 6.07) is 13.0. The first-order valence-electron chi connectivity index (χ1n) is 9.65. The number of hydrogen-bond donors (Lipinski definition) is 0. The molecule has 0 bridgehead atoms. The Labute approximate surface area is 171 Å². The molecular weight excluding hydrogens is 384 g/mol. The van der Waals surface area contributed by atoms with Crippen molar-refractivity contribution in [3.05, 3.63) is 65.7 Å². The summed E-state index contributed by atoms with van der Waals surface area (Å²) in [6.07, 6.45) is 4.01. The molecule has 3 aromatic heterocycles. The van der Waals surface area contributed by atoms with E-state index in [1.807, 2.05) is 24.3 Å². The predicted molar refractivity (Wildman–Crippen MR) is 106 cm³/mol. The van der Waals surface area contributed by atoms with Crippen LogP contribution in [0.15, 0.2) is 48.7 Å². The van der Waals surface area contributed by atoms with E-state index in [0.29, 0.717) is 29.3 Å². The number of Topliss-reactive ketones (excluding diaryl/α,β-unsaturated/α-hetero) is 1. The molecule has 1 aromatic carbocycles. The number of benzene rings is 1. The van der Waals surface area contributed by atoms with Gasteiger partial charge in [0.2, 0.25) is 6.79 Å². The molecule has 0 radical (unpaired) electrons. The SMILES string of the molecule is O=C(Cn1nnc(CCCc2ccc3cccnc3n2)n1)c1ccc2c(c1)OCO2. The average Bonchev–Trinajstić information content (AvgIpc) is 3.42. The number of tetrazole rings is 1. The number of aryl methyl sites for hydroxylation is 2. The summed E-state index contributed by atoms with van der Waals surface area (Å²) in [6.45, 7) is 0.191. The van der Waals surface area contributed by atoms with Crippen LogP contribution in [0.5, 0.6) is 11.5 Å². The number of fused-ring (bicyclic) bond motifs is 2. The number of pyridine rings is 2. The monoisotopic (exact) mass is 402 g/mol. The van der Waals surface area contributed by atoms with Crippen LogP contribution in [0, 0.1) is 0 Å². The van der Waals surface area contributed by atoms with E-state index in [1.165, 1.54) is 4.80 Å². The Bertz CT molecular complexity index is 1220. The van der Waals surface area contributed by atoms with Gasteiger partial charge in [-0.25, -0.2) is 9.97 Å². The molecule has 1 aliphatic rings. The van der Waals surface area contributed by atoms with Crippen molar-refractivity contribution in [2.75, 3.05) is 6.79 Å². The van der Waals surface area contributed by atoms with Crippen LogP contribution in [0.2, 0.25) is 0 Å². The van der Waals surface area contributed by atoms with Crippen molar-refractivity contribution in [1.82, 2.24) is 30.2 Å². The van der Waals surface area contributed by atoms with Gasteiger partial charge in [0.1, 0.15) is 6.54 Å². The lowest BCUT2D eigenvalue weighted by Gasteiger charge is -2.02. The van der Waals surface area contributed by atoms with E-state index in [9.17, 15) is 4.79 Å². The van der Waals surface area contributed by atoms with E-state index in [-0.39, 0.29) is 19.1 Å². The maximum absolute atomic E-state index is 12.5. The predicted octanol–water partition coefficient (Wildman–Crippen LogP) is 2.40. The van der Waals surface area contributed by atoms with Crippen LogP contribution < -0.4 is 9.47 Å². The van der Waals surface area contributed by atoms with E-state index < -0.39 is 0 Å². The number of aromatic nitrogens is 6. The Hall–Kier alpha value is -3.88. The van der Waals surface area contributed by atoms with Crippen LogP contribution >= 0.6 is 0 Å². The van der Waals surface area contributed by atoms with Gasteiger partial charge < -0.3 is 9.47 Å². The maximum atomic E-state index is 12.5. The first-order valence-corrected chi connectivity index (χ1v) is 9.65. The Morgan fingerprint density at radius 3 is 2.97 bits per heavy atom. The topological polar surface area (TPSA) is 105 Å². The van der Waals surface area contributed by atoms with Crippen LogP contribution in [-0.4, -0.2) is 42.8 Å². The third-order valence-corrected chi connectivity index (χ3v) is 4.83. The van der Waals surface area contributed by atoms with Gasteiger partial charge in [-0.05, 0) is 60.5 Å². The van der Waals surface area contributed by atoms with Crippen molar-refractivity contribution in [3.8, 4) is 11.5 Å². The average molecular weight is 402 g/mol. The molecule has 4 heterocycles. The van der Waals surface area contributed by atoms with Gasteiger partial charge in [-0.2, -0.15) is 4.80 Å². The number of ketones is 1. The number of carbonyl (C=O) groups is 1. The Morgan fingerprint density at radius 1 is 1.07 bits per heavy atom. The molecule has 0 spiro atoms. The van der Waals surface area contributed by atoms with Gasteiger partial charge in [0, 0.05) is 29.3 Å². The van der Waals surface area contributed by atoms with Gasteiger partial charge in [-0.1, -0.05) is 0 Å². The molecule has 0 amide bonds. The number of ether oxygens (including phenoxy) is 2. The lowest BCUT2D eigenvalue weighted by atomic mass is 10.1. The number of nitrogens with zero attached hydrogens (tertiary/aromatic N) is 6. The van der Waals surface area contributed by atoms with Gasteiger partial charge in [0.15, 0.2) is 28.8 Å². The molecular formula is C21H18N6O3. The van der Waals surface area contributed by atoms with E-state index in [2.05, 4.69) is 25.4 Å². The van der Waals surface area contributed by atoms with Crippen LogP contribution in [0.1, 0.15) is 28.3 Å². The second-order valence-electron chi connectivity index (χ2n) is 6.93. The molecule has 0 saturated carbocycles. The fourth-order valence-corrected chi connectivity index (χ4v) is 3.29. The van der Waals surface area contributed by atoms with Gasteiger partial charge in [0.05, 0.1) is 0 Å². The second-order valence-corrected chi connectivity index (χ2v) is 6.93. The van der Waals surface area contributed by atoms with Crippen LogP contribution in [0.4, 0.5) is 0 Å². The third-order valence-electron chi connectivity index (χ3n) is 4.83. The molecule has 0 saturated heterocycles. The molecule has 150 valence electrons. The van der Waals surface area contributed by atoms with Crippen molar-refractivity contribution < 1.29 is 14.3 Å². The summed E-state index contributed by atoms with van der Waals surface area (Å²) >= 11 is 0. The largest absolute Gasteiger partial charge is 0.454 e. The van der Waals surface area contributed by atoms with Crippen LogP contribution in [-0.2, 0) is 19.4 Å². The molecule has 9 heteroatoms. The highest BCUT2D eigenvalue weighted by Gasteiger charge is 2.17. The van der Waals surface area contributed by atoms with E-state index in [0.717, 1.165) is 29.6 Å². The van der Waals surface area contributed by atoms with E-state index in [1.54, 1.807) is 24.4 Å². The summed E-state index contributed by atoms with van der Waals surface area (Å²) < 4.78 is 10.6. The minimum Gasteiger partial charge on any atom is -0.454 e. The lowest BCUT2D eigenvalue weighted by Crippen LogP contribution is -2.13. The zero-order chi connectivity index (χ0) is 20.3. The van der Waals surface area contributed by atoms with Gasteiger partial charge in [0.25, 0.3) is 0 Å². The Kier molecular flexibility index (Phi) is 4.76. The molecule has 0 aliphatic carbocycles. The highest BCUT2D eigenvalue weighted by Crippen LogP contribution is 2.32. The Balaban J connectivity index is 1.16. The van der Waals surface area contributed by atoms with E-state index in [4.69, 9.17) is 9.47 Å². The summed E-state index contributed by atoms with van der Waals surface area (Å²) in [7, 11) is 0. The summed E-state index contributed by atoms with van der Waals surface area (Å²) in [5.74, 6) is 1.70. The van der Waals surface area contributed by atoms with Crippen molar-refractivity contribution >= 4 is 16.8 Å². The lowest BCUT2D eigenvalue weighted by molar-refractivity contribution is 0.0961. The molecule has 4 aromatic rings. The molecule has 0 fully saturated rings. The summed E-state index contributed by atoms with van der Waals surface area (Å²) in [5.41, 5.74) is 2.25. The molecule has 0 N–H and O–H groups in total. The highest BCUT2D eigenvalue weighted by molar-refractivity contribution is 5.96. The van der Waals surface area contributed by atoms with Gasteiger partial charge in [-0.3, -0.25) is 4.79 Å². The molecule has 0 unspecified atom stereocenters. The fraction of sp³-hybridized carbons (Fsp3) is 0.238. The zero-order valence-corrected chi connectivity index (χ0v) is 16.1. The number of carbonyl (C=O) groups excluding carboxylic acids is 1. The van der Waals surface area contributed by atoms with Gasteiger partial charge in [-0.15, -0.1) is 10.2 Å². The maximum Gasteiger partial charge on any atom is 0.231 e. The molecule has 9 nitrogen and oxygen atoms in total. The quantitative estimate of drug-likeness (QED) is 0.434. The standard InChI is InChI=1S/C21H18N6O3/c28-17(15-7-9-18-19(11-15)30-13-29-18)12-27-25-20(24-26-27)5-1-4-16-8-6-14-3-2-10-22-21(14)23-16/h2-3,6-11H,1,4-5,12-13H2. The molecule has 1 aliphatic heterocycles. The van der Waals surface area contributed by atoms with Crippen LogP contribution in [0.25, 0.3) is 11.0 Å².